The number of carbonyl (C=O) groups is 3. The number of halogens is 7. The van der Waals surface area contributed by atoms with E-state index in [9.17, 15) is 55.3 Å². The highest BCUT2D eigenvalue weighted by Gasteiger charge is 2.78. The van der Waals surface area contributed by atoms with Crippen LogP contribution in [0.5, 0.6) is 0 Å². The fourth-order valence-electron chi connectivity index (χ4n) is 8.66. The second-order valence-corrected chi connectivity index (χ2v) is 14.5. The summed E-state index contributed by atoms with van der Waals surface area (Å²) in [6.07, 6.45) is -11.4. The molecule has 0 aliphatic carbocycles. The SMILES string of the molecule is Cc1cc(F)ccc1[C@H]1C[C@@]2(CCN1C(=O)N(C)[C@H](C)c1cc(C(F)(F)F)cc(C(F)(F)F)c1)CC[C@@](C)(C(=O)O)[N+]2(C(=O)O)C(C)(C)C. The predicted molar refractivity (Wildman–Crippen MR) is 164 cm³/mol. The van der Waals surface area contributed by atoms with Crippen molar-refractivity contribution in [2.45, 2.75) is 108 Å². The molecule has 0 aromatic heterocycles. The molecule has 2 saturated heterocycles. The fourth-order valence-corrected chi connectivity index (χ4v) is 8.66. The molecule has 2 aromatic rings. The van der Waals surface area contributed by atoms with Crippen LogP contribution in [-0.2, 0) is 17.1 Å². The Bertz CT molecular complexity index is 1620. The monoisotopic (exact) mass is 704 g/mol. The van der Waals surface area contributed by atoms with E-state index >= 15 is 0 Å². The number of quaternary nitrogens is 1. The lowest BCUT2D eigenvalue weighted by Crippen LogP contribution is -2.81. The minimum absolute atomic E-state index is 0.00297. The summed E-state index contributed by atoms with van der Waals surface area (Å²) in [6, 6.07) is 1.94. The maximum Gasteiger partial charge on any atom is 0.515 e. The smallest absolute Gasteiger partial charge is 0.477 e. The van der Waals surface area contributed by atoms with Gasteiger partial charge in [0.2, 0.25) is 5.54 Å². The van der Waals surface area contributed by atoms with Gasteiger partial charge in [-0.25, -0.2) is 14.0 Å². The van der Waals surface area contributed by atoms with E-state index in [2.05, 4.69) is 0 Å². The van der Waals surface area contributed by atoms with Crippen LogP contribution >= 0.6 is 0 Å². The van der Waals surface area contributed by atoms with Gasteiger partial charge >= 0.3 is 30.4 Å². The maximum atomic E-state index is 14.3. The molecule has 270 valence electrons. The highest BCUT2D eigenvalue weighted by molar-refractivity contribution is 5.81. The lowest BCUT2D eigenvalue weighted by atomic mass is 9.74. The zero-order valence-corrected chi connectivity index (χ0v) is 28.3. The number of amides is 3. The number of alkyl halides is 6. The minimum atomic E-state index is -5.10. The molecule has 15 heteroatoms. The van der Waals surface area contributed by atoms with E-state index in [0.717, 1.165) is 4.90 Å². The zero-order valence-electron chi connectivity index (χ0n) is 28.3. The van der Waals surface area contributed by atoms with Gasteiger partial charge in [0.05, 0.1) is 23.2 Å². The van der Waals surface area contributed by atoms with E-state index in [0.29, 0.717) is 23.3 Å². The van der Waals surface area contributed by atoms with Gasteiger partial charge in [0.15, 0.2) is 0 Å². The molecule has 8 nitrogen and oxygen atoms in total. The molecule has 2 heterocycles. The van der Waals surface area contributed by atoms with Crippen molar-refractivity contribution < 1.29 is 59.8 Å². The van der Waals surface area contributed by atoms with Crippen molar-refractivity contribution >= 4 is 18.1 Å². The van der Waals surface area contributed by atoms with Crippen LogP contribution in [0, 0.1) is 12.7 Å². The highest BCUT2D eigenvalue weighted by Crippen LogP contribution is 2.60. The van der Waals surface area contributed by atoms with Crippen molar-refractivity contribution in [1.29, 1.82) is 0 Å². The van der Waals surface area contributed by atoms with Gasteiger partial charge in [-0.15, -0.1) is 0 Å². The van der Waals surface area contributed by atoms with Gasteiger partial charge in [0, 0.05) is 46.2 Å². The number of benzene rings is 2. The molecule has 0 saturated carbocycles. The molecule has 49 heavy (non-hydrogen) atoms. The molecule has 3 amide bonds. The Balaban J connectivity index is 1.85. The number of piperidine rings is 1. The molecule has 2 aromatic carbocycles. The number of aryl methyl sites for hydroxylation is 1. The molecule has 1 spiro atoms. The molecule has 2 N–H and O–H groups in total. The predicted octanol–water partition coefficient (Wildman–Crippen LogP) is 8.79. The molecular weight excluding hydrogens is 663 g/mol. The summed E-state index contributed by atoms with van der Waals surface area (Å²) in [5, 5.41) is 21.5. The fraction of sp³-hybridized carbons (Fsp3) is 0.559. The molecule has 0 bridgehead atoms. The van der Waals surface area contributed by atoms with Crippen molar-refractivity contribution in [3.05, 3.63) is 70.0 Å². The summed E-state index contributed by atoms with van der Waals surface area (Å²) in [4.78, 5) is 43.0. The average Bonchev–Trinajstić information content (AvgIpc) is 3.24. The molecule has 1 unspecified atom stereocenters. The van der Waals surface area contributed by atoms with Gasteiger partial charge in [-0.3, -0.25) is 0 Å². The molecule has 2 aliphatic heterocycles. The van der Waals surface area contributed by atoms with E-state index in [1.54, 1.807) is 27.7 Å². The van der Waals surface area contributed by atoms with Gasteiger partial charge in [-0.05, 0) is 81.6 Å². The lowest BCUT2D eigenvalue weighted by Gasteiger charge is -2.60. The van der Waals surface area contributed by atoms with Crippen LogP contribution in [0.4, 0.5) is 40.3 Å². The Kier molecular flexibility index (Phi) is 9.42. The number of carboxylic acid groups (broad SMARTS) is 2. The number of aliphatic carboxylic acids is 1. The zero-order chi connectivity index (χ0) is 37.3. The Morgan fingerprint density at radius 2 is 1.49 bits per heavy atom. The van der Waals surface area contributed by atoms with Crippen LogP contribution in [0.2, 0.25) is 0 Å². The topological polar surface area (TPSA) is 98.2 Å². The third-order valence-electron chi connectivity index (χ3n) is 10.9. The summed E-state index contributed by atoms with van der Waals surface area (Å²) in [5.74, 6) is -1.88. The Morgan fingerprint density at radius 3 is 1.94 bits per heavy atom. The first-order valence-corrected chi connectivity index (χ1v) is 15.7. The van der Waals surface area contributed by atoms with Crippen molar-refractivity contribution in [3.8, 4) is 0 Å². The number of carboxylic acids is 1. The molecule has 5 atom stereocenters. The van der Waals surface area contributed by atoms with Crippen LogP contribution in [0.25, 0.3) is 0 Å². The molecule has 4 rings (SSSR count). The largest absolute Gasteiger partial charge is 0.515 e. The van der Waals surface area contributed by atoms with Crippen LogP contribution < -0.4 is 0 Å². The van der Waals surface area contributed by atoms with E-state index in [1.807, 2.05) is 0 Å². The highest BCUT2D eigenvalue weighted by atomic mass is 19.4. The number of hydrogen-bond donors (Lipinski definition) is 2. The summed E-state index contributed by atoms with van der Waals surface area (Å²) in [7, 11) is 1.24. The summed E-state index contributed by atoms with van der Waals surface area (Å²) in [5.41, 5.74) is -6.82. The van der Waals surface area contributed by atoms with Crippen molar-refractivity contribution in [2.75, 3.05) is 13.6 Å². The van der Waals surface area contributed by atoms with Gasteiger partial charge in [0.1, 0.15) is 16.9 Å². The lowest BCUT2D eigenvalue weighted by molar-refractivity contribution is -0.974. The number of carbonyl (C=O) groups excluding carboxylic acids is 1. The van der Waals surface area contributed by atoms with Crippen molar-refractivity contribution in [2.24, 2.45) is 0 Å². The maximum absolute atomic E-state index is 14.3. The van der Waals surface area contributed by atoms with Gasteiger partial charge in [0.25, 0.3) is 0 Å². The summed E-state index contributed by atoms with van der Waals surface area (Å²) in [6.45, 7) is 9.08. The van der Waals surface area contributed by atoms with Crippen LogP contribution in [0.1, 0.15) is 100 Å². The molecule has 2 aliphatic rings. The normalized spacial score (nSPS) is 26.9. The number of rotatable bonds is 4. The first-order chi connectivity index (χ1) is 22.2. The number of hydrogen-bond acceptors (Lipinski definition) is 3. The Labute approximate surface area is 279 Å². The van der Waals surface area contributed by atoms with Crippen LogP contribution in [0.3, 0.4) is 0 Å². The van der Waals surface area contributed by atoms with Crippen LogP contribution in [-0.4, -0.2) is 72.8 Å². The third kappa shape index (κ3) is 6.01. The van der Waals surface area contributed by atoms with Gasteiger partial charge in [-0.1, -0.05) is 6.07 Å². The van der Waals surface area contributed by atoms with E-state index in [4.69, 9.17) is 0 Å². The molecule has 0 radical (unpaired) electrons. The second-order valence-electron chi connectivity index (χ2n) is 14.5. The third-order valence-corrected chi connectivity index (χ3v) is 10.9. The van der Waals surface area contributed by atoms with Gasteiger partial charge < -0.3 is 20.0 Å². The number of likely N-dealkylation sites (tertiary alicyclic amines) is 2. The summed E-state index contributed by atoms with van der Waals surface area (Å²) >= 11 is 0. The number of urea groups is 1. The number of nitrogens with zero attached hydrogens (tertiary/aromatic N) is 3. The second kappa shape index (κ2) is 12.2. The van der Waals surface area contributed by atoms with E-state index in [-0.39, 0.29) is 38.3 Å². The van der Waals surface area contributed by atoms with E-state index in [1.165, 1.54) is 44.0 Å². The first kappa shape index (κ1) is 37.9. The van der Waals surface area contributed by atoms with Gasteiger partial charge in [-0.2, -0.15) is 35.6 Å². The van der Waals surface area contributed by atoms with Crippen molar-refractivity contribution in [1.82, 2.24) is 9.80 Å². The van der Waals surface area contributed by atoms with Crippen LogP contribution in [0.15, 0.2) is 36.4 Å². The van der Waals surface area contributed by atoms with E-state index < -0.39 is 86.1 Å². The standard InChI is InChI=1S/C34H40F7N3O5/c1-19-14-24(35)8-9-25(19)26-18-32(11-10-31(6,27(45)46)44(32,29(48)49)30(3,4)5)12-13-43(26)28(47)42(7)20(2)21-15-22(33(36,37)38)17-23(16-21)34(39,40)41/h8-9,14-17,20,26H,10-13,18H2,1-7H3,(H-,45,46,48,49)/p+1/t20-,26-,31+,32+,44?/m1/s1. The Hall–Kier alpha value is -3.88. The quantitative estimate of drug-likeness (QED) is 0.245. The molecule has 2 fully saturated rings. The molecular formula is C34H41F7N3O5+. The minimum Gasteiger partial charge on any atom is -0.477 e. The van der Waals surface area contributed by atoms with Crippen molar-refractivity contribution in [3.63, 3.8) is 0 Å². The Morgan fingerprint density at radius 1 is 0.939 bits per heavy atom. The first-order valence-electron chi connectivity index (χ1n) is 15.7. The summed E-state index contributed by atoms with van der Waals surface area (Å²) < 4.78 is 95.3. The average molecular weight is 705 g/mol.